The lowest BCUT2D eigenvalue weighted by atomic mass is 9.25. The Morgan fingerprint density at radius 3 is 1.03 bits per heavy atom. The van der Waals surface area contributed by atoms with Gasteiger partial charge in [-0.25, -0.2) is 0 Å². The lowest BCUT2D eigenvalue weighted by Crippen LogP contribution is -2.68. The molecule has 5 rings (SSSR count). The molecule has 1 radical (unpaired) electrons. The van der Waals surface area contributed by atoms with Gasteiger partial charge >= 0.3 is 0 Å². The summed E-state index contributed by atoms with van der Waals surface area (Å²) in [5.41, 5.74) is 0. The van der Waals surface area contributed by atoms with E-state index in [2.05, 4.69) is 58.0 Å². The average Bonchev–Trinajstić information content (AvgIpc) is 3.01. The second-order valence-corrected chi connectivity index (χ2v) is 29.6. The van der Waals surface area contributed by atoms with Gasteiger partial charge < -0.3 is 0 Å². The van der Waals surface area contributed by atoms with Gasteiger partial charge in [-0.15, -0.1) is 0 Å². The second kappa shape index (κ2) is 8.29. The van der Waals surface area contributed by atoms with Crippen LogP contribution in [0.4, 0.5) is 0 Å². The molecule has 0 amide bonds. The summed E-state index contributed by atoms with van der Waals surface area (Å²) in [6.45, 7) is 21.9. The molecule has 0 aliphatic carbocycles. The van der Waals surface area contributed by atoms with Crippen LogP contribution in [0.25, 0.3) is 0 Å². The summed E-state index contributed by atoms with van der Waals surface area (Å²) in [5.74, 6) is 4.23. The maximum absolute atomic E-state index is 3.05. The fraction of sp³-hybridized carbons (Fsp3) is 0.926. The molecule has 32 heavy (non-hydrogen) atoms. The van der Waals surface area contributed by atoms with Crippen LogP contribution in [0.5, 0.6) is 0 Å². The quantitative estimate of drug-likeness (QED) is 0.277. The number of hydrogen-bond acceptors (Lipinski definition) is 0. The molecule has 4 saturated heterocycles. The van der Waals surface area contributed by atoms with Gasteiger partial charge in [0.25, 0.3) is 0 Å². The third-order valence-corrected chi connectivity index (χ3v) is 28.2. The van der Waals surface area contributed by atoms with E-state index in [4.69, 9.17) is 0 Å². The first-order valence-corrected chi connectivity index (χ1v) is 23.6. The first kappa shape index (κ1) is 24.2. The zero-order valence-corrected chi connectivity index (χ0v) is 25.6. The van der Waals surface area contributed by atoms with Gasteiger partial charge in [-0.3, -0.25) is 0 Å². The van der Waals surface area contributed by atoms with Crippen LogP contribution >= 0.6 is 0 Å². The van der Waals surface area contributed by atoms with Crippen LogP contribution in [0.2, 0.25) is 78.2 Å². The number of hydrogen-bond donors (Lipinski definition) is 0. The zero-order valence-electron chi connectivity index (χ0n) is 22.6. The van der Waals surface area contributed by atoms with Crippen molar-refractivity contribution in [3.63, 3.8) is 0 Å². The molecule has 4 fully saturated rings. The van der Waals surface area contributed by atoms with E-state index in [1.54, 1.807) is 51.4 Å². The van der Waals surface area contributed by atoms with Gasteiger partial charge in [0.1, 0.15) is 0 Å². The van der Waals surface area contributed by atoms with Crippen LogP contribution in [-0.2, 0) is 0 Å². The van der Waals surface area contributed by atoms with Crippen LogP contribution in [-0.4, -0.2) is 38.4 Å². The minimum atomic E-state index is -1.38. The van der Waals surface area contributed by atoms with Crippen molar-refractivity contribution in [3.8, 4) is 0 Å². The average molecular weight is 482 g/mol. The monoisotopic (exact) mass is 481 g/mol. The van der Waals surface area contributed by atoms with Gasteiger partial charge in [-0.05, 0) is 9.12 Å². The van der Waals surface area contributed by atoms with Crippen LogP contribution in [0.15, 0.2) is 12.2 Å². The van der Waals surface area contributed by atoms with Crippen LogP contribution in [0, 0.1) is 0 Å². The third-order valence-electron chi connectivity index (χ3n) is 12.0. The molecule has 0 aromatic carbocycles. The van der Waals surface area contributed by atoms with Crippen molar-refractivity contribution in [1.82, 2.24) is 0 Å². The van der Waals surface area contributed by atoms with Crippen molar-refractivity contribution in [2.24, 2.45) is 0 Å². The van der Waals surface area contributed by atoms with Crippen molar-refractivity contribution >= 4 is 38.4 Å². The Bertz CT molecular complexity index is 636. The zero-order chi connectivity index (χ0) is 22.9. The molecule has 177 valence electrons. The third kappa shape index (κ3) is 3.32. The summed E-state index contributed by atoms with van der Waals surface area (Å²) in [7, 11) is -3.29. The molecule has 0 unspecified atom stereocenters. The summed E-state index contributed by atoms with van der Waals surface area (Å²) < 4.78 is 1.28. The SMILES string of the molecule is C[Si]1[C@@](B2C3CCCC2CCC3)([Si](C)(C)C)C=C[C@]1(B1C2CCCC1CCC2)[Si](C)(C)C. The highest BCUT2D eigenvalue weighted by atomic mass is 28.4. The predicted molar refractivity (Wildman–Crippen MR) is 155 cm³/mol. The highest BCUT2D eigenvalue weighted by molar-refractivity contribution is 7.18. The Hall–Kier alpha value is 0.521. The van der Waals surface area contributed by atoms with E-state index < -0.39 is 24.9 Å². The molecule has 2 atom stereocenters. The fourth-order valence-corrected chi connectivity index (χ4v) is 29.1. The molecule has 5 heteroatoms. The summed E-state index contributed by atoms with van der Waals surface area (Å²) in [5, 5.41) is 0. The highest BCUT2D eigenvalue weighted by Gasteiger charge is 2.70. The van der Waals surface area contributed by atoms with Crippen molar-refractivity contribution in [2.75, 3.05) is 0 Å². The van der Waals surface area contributed by atoms with Crippen molar-refractivity contribution in [3.05, 3.63) is 12.2 Å². The molecule has 0 nitrogen and oxygen atoms in total. The fourth-order valence-electron chi connectivity index (χ4n) is 11.0. The van der Waals surface area contributed by atoms with E-state index in [1.807, 2.05) is 0 Å². The van der Waals surface area contributed by atoms with Crippen molar-refractivity contribution in [2.45, 2.75) is 155 Å². The Kier molecular flexibility index (Phi) is 6.27. The number of rotatable bonds is 4. The van der Waals surface area contributed by atoms with Gasteiger partial charge in [0.15, 0.2) is 13.4 Å². The molecular formula is C27H51B2Si3. The highest BCUT2D eigenvalue weighted by Crippen LogP contribution is 2.71. The molecule has 0 aromatic rings. The first-order valence-electron chi connectivity index (χ1n) is 14.6. The largest absolute Gasteiger partial charge is 0.151 e. The maximum Gasteiger partial charge on any atom is 0.151 e. The molecular weight excluding hydrogens is 430 g/mol. The molecule has 5 aliphatic rings. The Morgan fingerprint density at radius 2 is 0.812 bits per heavy atom. The topological polar surface area (TPSA) is 0 Å². The Morgan fingerprint density at radius 1 is 0.562 bits per heavy atom. The van der Waals surface area contributed by atoms with E-state index in [9.17, 15) is 0 Å². The Balaban J connectivity index is 1.65. The van der Waals surface area contributed by atoms with Crippen LogP contribution < -0.4 is 0 Å². The molecule has 0 aromatic heterocycles. The van der Waals surface area contributed by atoms with Gasteiger partial charge in [0, 0.05) is 24.9 Å². The smallest absolute Gasteiger partial charge is 0.0957 e. The number of allylic oxidation sites excluding steroid dienone is 2. The van der Waals surface area contributed by atoms with Crippen molar-refractivity contribution < 1.29 is 0 Å². The van der Waals surface area contributed by atoms with Gasteiger partial charge in [-0.2, -0.15) is 0 Å². The van der Waals surface area contributed by atoms with Gasteiger partial charge in [-0.1, -0.05) is 158 Å². The van der Waals surface area contributed by atoms with Gasteiger partial charge in [0.05, 0.1) is 0 Å². The number of fused-ring (bicyclic) bond motifs is 4. The van der Waals surface area contributed by atoms with E-state index in [1.165, 1.54) is 25.7 Å². The van der Waals surface area contributed by atoms with E-state index >= 15 is 0 Å². The lowest BCUT2D eigenvalue weighted by molar-refractivity contribution is 0.437. The van der Waals surface area contributed by atoms with Gasteiger partial charge in [0.2, 0.25) is 0 Å². The Labute approximate surface area is 205 Å². The molecule has 0 saturated carbocycles. The lowest BCUT2D eigenvalue weighted by Gasteiger charge is -2.62. The predicted octanol–water partition coefficient (Wildman–Crippen LogP) is 9.20. The van der Waals surface area contributed by atoms with Crippen LogP contribution in [0.3, 0.4) is 0 Å². The second-order valence-electron chi connectivity index (χ2n) is 15.0. The summed E-state index contributed by atoms with van der Waals surface area (Å²) in [4.78, 5) is 0. The standard InChI is InChI=1S/C27H51B2Si3/c1-30-26(31(2,3)4,28-22-12-8-13-23(28)15-9-14-22)20-21-27(30,32(5,6)7)29-24-16-10-17-25(29)19-11-18-24/h20-25H,8-19H2,1-7H3/t22?,23?,24?,25?,26-,27-/m1/s1. The van der Waals surface area contributed by atoms with Crippen LogP contribution in [0.1, 0.15) is 77.0 Å². The first-order chi connectivity index (χ1) is 15.0. The van der Waals surface area contributed by atoms with E-state index in [0.717, 1.165) is 36.7 Å². The molecule has 4 bridgehead atoms. The molecule has 0 N–H and O–H groups in total. The molecule has 0 spiro atoms. The maximum atomic E-state index is 3.05. The summed E-state index contributed by atoms with van der Waals surface area (Å²) in [6, 6.07) is 0. The summed E-state index contributed by atoms with van der Waals surface area (Å²) >= 11 is 0. The summed E-state index contributed by atoms with van der Waals surface area (Å²) in [6.07, 6.45) is 24.7. The molecule has 5 heterocycles. The minimum absolute atomic E-state index is 0.535. The minimum Gasteiger partial charge on any atom is -0.0957 e. The molecule has 5 aliphatic heterocycles. The van der Waals surface area contributed by atoms with E-state index in [0.29, 0.717) is 9.12 Å². The van der Waals surface area contributed by atoms with E-state index in [-0.39, 0.29) is 0 Å². The van der Waals surface area contributed by atoms with Crippen molar-refractivity contribution in [1.29, 1.82) is 0 Å². The normalized spacial score (nSPS) is 43.1.